The highest BCUT2D eigenvalue weighted by molar-refractivity contribution is 7.80. The maximum Gasteiger partial charge on any atom is 0.281 e. The zero-order valence-corrected chi connectivity index (χ0v) is 15.3. The third-order valence-electron chi connectivity index (χ3n) is 3.05. The van der Waals surface area contributed by atoms with Gasteiger partial charge in [-0.25, -0.2) is 0 Å². The Kier molecular flexibility index (Phi) is 5.99. The molecule has 0 bridgehead atoms. The average molecular weight is 364 g/mol. The molecule has 0 aliphatic heterocycles. The third kappa shape index (κ3) is 4.59. The molecule has 8 heteroatoms. The summed E-state index contributed by atoms with van der Waals surface area (Å²) in [5, 5.41) is 3.32. The van der Waals surface area contributed by atoms with E-state index in [1.165, 1.54) is 11.3 Å². The molecule has 24 heavy (non-hydrogen) atoms. The predicted octanol–water partition coefficient (Wildman–Crippen LogP) is 2.52. The van der Waals surface area contributed by atoms with Gasteiger partial charge in [-0.3, -0.25) is 15.6 Å². The molecule has 5 N–H and O–H groups in total. The molecule has 0 atom stereocenters. The van der Waals surface area contributed by atoms with Crippen LogP contribution in [-0.4, -0.2) is 24.2 Å². The Morgan fingerprint density at radius 1 is 1.25 bits per heavy atom. The first kappa shape index (κ1) is 18.0. The Balaban J connectivity index is 2.07. The van der Waals surface area contributed by atoms with Crippen LogP contribution in [0.4, 0.5) is 5.69 Å². The van der Waals surface area contributed by atoms with Crippen LogP contribution in [-0.2, 0) is 0 Å². The number of benzene rings is 1. The zero-order valence-electron chi connectivity index (χ0n) is 13.7. The number of carbonyl (C=O) groups is 1. The Hall–Kier alpha value is -2.32. The number of ether oxygens (including phenoxy) is 1. The van der Waals surface area contributed by atoms with Crippen molar-refractivity contribution in [3.8, 4) is 16.2 Å². The molecule has 1 amide bonds. The summed E-state index contributed by atoms with van der Waals surface area (Å²) >= 11 is 6.38. The number of thiophene rings is 1. The molecule has 0 saturated heterocycles. The second kappa shape index (κ2) is 7.98. The van der Waals surface area contributed by atoms with Crippen molar-refractivity contribution < 1.29 is 9.53 Å². The number of hydrogen-bond acceptors (Lipinski definition) is 5. The molecule has 128 valence electrons. The molecular weight excluding hydrogens is 344 g/mol. The van der Waals surface area contributed by atoms with Crippen molar-refractivity contribution >= 4 is 40.3 Å². The van der Waals surface area contributed by atoms with Gasteiger partial charge in [0.25, 0.3) is 5.91 Å². The summed E-state index contributed by atoms with van der Waals surface area (Å²) in [6.07, 6.45) is 0. The van der Waals surface area contributed by atoms with Crippen LogP contribution in [0.5, 0.6) is 5.75 Å². The number of carbonyl (C=O) groups excluding carboxylic acids is 1. The average Bonchev–Trinajstić information content (AvgIpc) is 2.94. The number of anilines is 1. The third-order valence-corrected chi connectivity index (χ3v) is 4.47. The minimum atomic E-state index is -0.329. The molecule has 6 nitrogen and oxygen atoms in total. The highest BCUT2D eigenvalue weighted by atomic mass is 32.1. The lowest BCUT2D eigenvalue weighted by Gasteiger charge is -2.13. The molecule has 1 heterocycles. The number of methoxy groups -OCH3 is 1. The van der Waals surface area contributed by atoms with Crippen molar-refractivity contribution in [2.45, 2.75) is 19.9 Å². The van der Waals surface area contributed by atoms with Crippen molar-refractivity contribution in [3.05, 3.63) is 35.2 Å². The van der Waals surface area contributed by atoms with Crippen LogP contribution in [0.25, 0.3) is 10.4 Å². The summed E-state index contributed by atoms with van der Waals surface area (Å²) in [5.41, 5.74) is 12.6. The van der Waals surface area contributed by atoms with Crippen molar-refractivity contribution in [2.24, 2.45) is 0 Å². The Bertz CT molecular complexity index is 726. The minimum Gasteiger partial charge on any atom is -0.497 e. The molecule has 0 unspecified atom stereocenters. The van der Waals surface area contributed by atoms with Crippen LogP contribution < -0.4 is 26.6 Å². The van der Waals surface area contributed by atoms with Crippen molar-refractivity contribution in [1.29, 1.82) is 0 Å². The molecule has 0 fully saturated rings. The van der Waals surface area contributed by atoms with E-state index in [1.807, 2.05) is 38.1 Å². The van der Waals surface area contributed by atoms with Crippen molar-refractivity contribution in [1.82, 2.24) is 16.2 Å². The fourth-order valence-corrected chi connectivity index (χ4v) is 3.22. The molecule has 0 spiro atoms. The van der Waals surface area contributed by atoms with Crippen molar-refractivity contribution in [2.75, 3.05) is 12.8 Å². The number of nitrogens with two attached hydrogens (primary N) is 1. The predicted molar refractivity (Wildman–Crippen MR) is 102 cm³/mol. The Morgan fingerprint density at radius 2 is 1.92 bits per heavy atom. The molecule has 1 aromatic carbocycles. The lowest BCUT2D eigenvalue weighted by atomic mass is 10.2. The number of rotatable bonds is 4. The van der Waals surface area contributed by atoms with Gasteiger partial charge in [0.1, 0.15) is 10.6 Å². The summed E-state index contributed by atoms with van der Waals surface area (Å²) in [5.74, 6) is 0.446. The van der Waals surface area contributed by atoms with E-state index in [4.69, 9.17) is 22.7 Å². The van der Waals surface area contributed by atoms with Crippen LogP contribution in [0.15, 0.2) is 30.3 Å². The van der Waals surface area contributed by atoms with Gasteiger partial charge in [0.15, 0.2) is 5.11 Å². The lowest BCUT2D eigenvalue weighted by molar-refractivity contribution is 0.0948. The number of hydrogen-bond donors (Lipinski definition) is 4. The molecule has 0 aliphatic rings. The molecule has 2 aromatic rings. The summed E-state index contributed by atoms with van der Waals surface area (Å²) in [7, 11) is 1.62. The van der Waals surface area contributed by atoms with E-state index >= 15 is 0 Å². The van der Waals surface area contributed by atoms with Gasteiger partial charge in [0, 0.05) is 10.9 Å². The monoisotopic (exact) mass is 364 g/mol. The van der Waals surface area contributed by atoms with Crippen LogP contribution in [0.1, 0.15) is 23.5 Å². The van der Waals surface area contributed by atoms with E-state index in [2.05, 4.69) is 16.2 Å². The fraction of sp³-hybridized carbons (Fsp3) is 0.250. The van der Waals surface area contributed by atoms with Gasteiger partial charge in [-0.05, 0) is 62.0 Å². The molecule has 0 radical (unpaired) electrons. The van der Waals surface area contributed by atoms with Gasteiger partial charge in [-0.15, -0.1) is 11.3 Å². The molecule has 1 aromatic heterocycles. The van der Waals surface area contributed by atoms with Gasteiger partial charge in [0.2, 0.25) is 0 Å². The maximum atomic E-state index is 12.3. The fourth-order valence-electron chi connectivity index (χ4n) is 1.95. The number of thiocarbonyl (C=S) groups is 1. The second-order valence-corrected chi connectivity index (χ2v) is 6.79. The van der Waals surface area contributed by atoms with E-state index < -0.39 is 0 Å². The van der Waals surface area contributed by atoms with Gasteiger partial charge in [-0.1, -0.05) is 0 Å². The molecule has 0 saturated carbocycles. The first-order chi connectivity index (χ1) is 11.4. The van der Waals surface area contributed by atoms with Gasteiger partial charge < -0.3 is 15.8 Å². The topological polar surface area (TPSA) is 88.4 Å². The van der Waals surface area contributed by atoms with Crippen molar-refractivity contribution in [3.63, 3.8) is 0 Å². The maximum absolute atomic E-state index is 12.3. The Labute approximate surface area is 150 Å². The Morgan fingerprint density at radius 3 is 2.50 bits per heavy atom. The van der Waals surface area contributed by atoms with Crippen LogP contribution >= 0.6 is 23.6 Å². The summed E-state index contributed by atoms with van der Waals surface area (Å²) < 4.78 is 5.14. The standard InChI is InChI=1S/C16H20N4O2S2/c1-9(2)18-16(23)20-19-15(21)14-12(17)8-13(24-14)10-4-6-11(22-3)7-5-10/h4-9H,17H2,1-3H3,(H,19,21)(H2,18,20,23). The zero-order chi connectivity index (χ0) is 17.7. The van der Waals surface area contributed by atoms with E-state index in [-0.39, 0.29) is 11.9 Å². The largest absolute Gasteiger partial charge is 0.497 e. The van der Waals surface area contributed by atoms with Crippen LogP contribution in [0, 0.1) is 0 Å². The highest BCUT2D eigenvalue weighted by Crippen LogP contribution is 2.33. The minimum absolute atomic E-state index is 0.176. The normalized spacial score (nSPS) is 10.3. The van der Waals surface area contributed by atoms with Gasteiger partial charge >= 0.3 is 0 Å². The lowest BCUT2D eigenvalue weighted by Crippen LogP contribution is -2.48. The van der Waals surface area contributed by atoms with E-state index in [0.717, 1.165) is 16.2 Å². The van der Waals surface area contributed by atoms with E-state index in [1.54, 1.807) is 13.2 Å². The quantitative estimate of drug-likeness (QED) is 0.492. The number of nitrogen functional groups attached to an aromatic ring is 1. The van der Waals surface area contributed by atoms with Crippen LogP contribution in [0.2, 0.25) is 0 Å². The summed E-state index contributed by atoms with van der Waals surface area (Å²) in [4.78, 5) is 13.6. The van der Waals surface area contributed by atoms with E-state index in [9.17, 15) is 4.79 Å². The van der Waals surface area contributed by atoms with Gasteiger partial charge in [0.05, 0.1) is 12.8 Å². The molecule has 0 aliphatic carbocycles. The van der Waals surface area contributed by atoms with Crippen LogP contribution in [0.3, 0.4) is 0 Å². The summed E-state index contributed by atoms with van der Waals surface area (Å²) in [6.45, 7) is 3.91. The smallest absolute Gasteiger partial charge is 0.281 e. The first-order valence-electron chi connectivity index (χ1n) is 7.31. The number of nitrogens with one attached hydrogen (secondary N) is 3. The SMILES string of the molecule is COc1ccc(-c2cc(N)c(C(=O)NNC(=S)NC(C)C)s2)cc1. The highest BCUT2D eigenvalue weighted by Gasteiger charge is 2.15. The number of amides is 1. The second-order valence-electron chi connectivity index (χ2n) is 5.33. The van der Waals surface area contributed by atoms with Gasteiger partial charge in [-0.2, -0.15) is 0 Å². The number of hydrazine groups is 1. The van der Waals surface area contributed by atoms with E-state index in [0.29, 0.717) is 15.7 Å². The molecular formula is C16H20N4O2S2. The summed E-state index contributed by atoms with van der Waals surface area (Å²) in [6, 6.07) is 9.53. The molecule has 2 rings (SSSR count). The first-order valence-corrected chi connectivity index (χ1v) is 8.53.